The first-order valence-electron chi connectivity index (χ1n) is 11.6. The number of carbonyl (C=O) groups excluding carboxylic acids is 2. The monoisotopic (exact) mass is 413 g/mol. The second kappa shape index (κ2) is 9.82. The summed E-state index contributed by atoms with van der Waals surface area (Å²) < 4.78 is 5.18. The predicted octanol–water partition coefficient (Wildman–Crippen LogP) is 3.02. The molecule has 0 aromatic heterocycles. The summed E-state index contributed by atoms with van der Waals surface area (Å²) in [6.45, 7) is 5.56. The molecule has 4 rings (SSSR count). The number of hydrogen-bond donors (Lipinski definition) is 0. The van der Waals surface area contributed by atoms with Gasteiger partial charge in [-0.1, -0.05) is 0 Å². The molecule has 6 heteroatoms. The summed E-state index contributed by atoms with van der Waals surface area (Å²) in [5.74, 6) is 1.50. The first kappa shape index (κ1) is 21.2. The smallest absolute Gasteiger partial charge is 0.253 e. The van der Waals surface area contributed by atoms with E-state index >= 15 is 0 Å². The Kier molecular flexibility index (Phi) is 6.93. The molecule has 1 aromatic rings. The molecule has 1 aromatic carbocycles. The summed E-state index contributed by atoms with van der Waals surface area (Å²) >= 11 is 0. The van der Waals surface area contributed by atoms with Crippen LogP contribution in [0.3, 0.4) is 0 Å². The van der Waals surface area contributed by atoms with E-state index in [9.17, 15) is 9.59 Å². The highest BCUT2D eigenvalue weighted by molar-refractivity contribution is 5.94. The van der Waals surface area contributed by atoms with Crippen molar-refractivity contribution in [1.82, 2.24) is 14.7 Å². The van der Waals surface area contributed by atoms with Crippen molar-refractivity contribution in [3.05, 3.63) is 29.8 Å². The quantitative estimate of drug-likeness (QED) is 0.761. The maximum Gasteiger partial charge on any atom is 0.253 e. The van der Waals surface area contributed by atoms with Crippen molar-refractivity contribution >= 4 is 11.8 Å². The number of amides is 2. The average molecular weight is 414 g/mol. The highest BCUT2D eigenvalue weighted by Crippen LogP contribution is 2.27. The molecule has 2 amide bonds. The van der Waals surface area contributed by atoms with Crippen LogP contribution in [-0.4, -0.2) is 78.9 Å². The molecule has 3 fully saturated rings. The van der Waals surface area contributed by atoms with Crippen LogP contribution in [0.25, 0.3) is 0 Å². The number of nitrogens with zero attached hydrogens (tertiary/aromatic N) is 3. The topological polar surface area (TPSA) is 53.1 Å². The molecule has 0 radical (unpaired) electrons. The molecule has 0 bridgehead atoms. The molecule has 0 saturated carbocycles. The average Bonchev–Trinajstić information content (AvgIpc) is 2.84. The molecular formula is C24H35N3O3. The van der Waals surface area contributed by atoms with E-state index in [1.54, 1.807) is 7.11 Å². The van der Waals surface area contributed by atoms with Gasteiger partial charge in [0.15, 0.2) is 0 Å². The lowest BCUT2D eigenvalue weighted by Gasteiger charge is -2.42. The van der Waals surface area contributed by atoms with Gasteiger partial charge in [0.1, 0.15) is 5.75 Å². The minimum absolute atomic E-state index is 0.113. The molecule has 0 aliphatic carbocycles. The van der Waals surface area contributed by atoms with Crippen molar-refractivity contribution in [2.24, 2.45) is 5.92 Å². The Bertz CT molecular complexity index is 714. The fourth-order valence-electron chi connectivity index (χ4n) is 5.23. The Hall–Kier alpha value is -2.08. The van der Waals surface area contributed by atoms with E-state index in [-0.39, 0.29) is 11.8 Å². The van der Waals surface area contributed by atoms with E-state index in [0.717, 1.165) is 76.3 Å². The zero-order valence-corrected chi connectivity index (χ0v) is 18.2. The normalized spacial score (nSPS) is 22.2. The Morgan fingerprint density at radius 2 is 1.43 bits per heavy atom. The number of likely N-dealkylation sites (tertiary alicyclic amines) is 3. The first-order valence-corrected chi connectivity index (χ1v) is 11.6. The van der Waals surface area contributed by atoms with Crippen LogP contribution in [0.5, 0.6) is 5.75 Å². The van der Waals surface area contributed by atoms with Crippen LogP contribution in [0, 0.1) is 5.92 Å². The minimum atomic E-state index is 0.113. The molecule has 3 aliphatic heterocycles. The van der Waals surface area contributed by atoms with Crippen molar-refractivity contribution in [2.45, 2.75) is 51.0 Å². The van der Waals surface area contributed by atoms with Crippen LogP contribution in [0.15, 0.2) is 24.3 Å². The highest BCUT2D eigenvalue weighted by atomic mass is 16.5. The summed E-state index contributed by atoms with van der Waals surface area (Å²) in [5.41, 5.74) is 0.728. The third-order valence-electron chi connectivity index (χ3n) is 7.15. The van der Waals surface area contributed by atoms with Crippen LogP contribution in [0.4, 0.5) is 0 Å². The minimum Gasteiger partial charge on any atom is -0.497 e. The zero-order valence-electron chi connectivity index (χ0n) is 18.2. The highest BCUT2D eigenvalue weighted by Gasteiger charge is 2.33. The predicted molar refractivity (Wildman–Crippen MR) is 117 cm³/mol. The summed E-state index contributed by atoms with van der Waals surface area (Å²) in [7, 11) is 1.63. The van der Waals surface area contributed by atoms with Gasteiger partial charge in [-0.25, -0.2) is 0 Å². The third kappa shape index (κ3) is 4.80. The van der Waals surface area contributed by atoms with Gasteiger partial charge < -0.3 is 19.4 Å². The van der Waals surface area contributed by atoms with E-state index < -0.39 is 0 Å². The molecule has 0 N–H and O–H groups in total. The molecule has 6 nitrogen and oxygen atoms in total. The number of ether oxygens (including phenoxy) is 1. The SMILES string of the molecule is COc1ccc(C(=O)N2CCC(N3CCC(C(=O)N4CCCCC4)CC3)CC2)cc1. The molecule has 3 heterocycles. The van der Waals surface area contributed by atoms with Crippen LogP contribution < -0.4 is 4.74 Å². The molecule has 30 heavy (non-hydrogen) atoms. The Morgan fingerprint density at radius 1 is 0.800 bits per heavy atom. The fourth-order valence-corrected chi connectivity index (χ4v) is 5.23. The maximum absolute atomic E-state index is 12.8. The van der Waals surface area contributed by atoms with E-state index in [4.69, 9.17) is 4.74 Å². The van der Waals surface area contributed by atoms with Crippen molar-refractivity contribution in [1.29, 1.82) is 0 Å². The maximum atomic E-state index is 12.8. The van der Waals surface area contributed by atoms with Crippen LogP contribution in [0.2, 0.25) is 0 Å². The number of benzene rings is 1. The van der Waals surface area contributed by atoms with Gasteiger partial charge in [-0.2, -0.15) is 0 Å². The molecule has 164 valence electrons. The number of methoxy groups -OCH3 is 1. The van der Waals surface area contributed by atoms with Crippen LogP contribution in [-0.2, 0) is 4.79 Å². The van der Waals surface area contributed by atoms with Gasteiger partial charge in [-0.15, -0.1) is 0 Å². The Balaban J connectivity index is 1.23. The Morgan fingerprint density at radius 3 is 2.03 bits per heavy atom. The van der Waals surface area contributed by atoms with Crippen LogP contribution >= 0.6 is 0 Å². The van der Waals surface area contributed by atoms with Gasteiger partial charge in [0.2, 0.25) is 5.91 Å². The van der Waals surface area contributed by atoms with Gasteiger partial charge >= 0.3 is 0 Å². The number of carbonyl (C=O) groups is 2. The lowest BCUT2D eigenvalue weighted by atomic mass is 9.91. The lowest BCUT2D eigenvalue weighted by Crippen LogP contribution is -2.50. The van der Waals surface area contributed by atoms with Crippen molar-refractivity contribution in [3.63, 3.8) is 0 Å². The van der Waals surface area contributed by atoms with Gasteiger partial charge in [0, 0.05) is 43.7 Å². The lowest BCUT2D eigenvalue weighted by molar-refractivity contribution is -0.138. The van der Waals surface area contributed by atoms with Crippen molar-refractivity contribution in [2.75, 3.05) is 46.4 Å². The molecule has 0 unspecified atom stereocenters. The van der Waals surface area contributed by atoms with E-state index in [0.29, 0.717) is 11.9 Å². The van der Waals surface area contributed by atoms with Crippen molar-refractivity contribution < 1.29 is 14.3 Å². The number of rotatable bonds is 4. The van der Waals surface area contributed by atoms with Gasteiger partial charge in [-0.3, -0.25) is 9.59 Å². The molecule has 0 spiro atoms. The molecule has 0 atom stereocenters. The second-order valence-corrected chi connectivity index (χ2v) is 8.95. The van der Waals surface area contributed by atoms with Gasteiger partial charge in [-0.05, 0) is 82.3 Å². The zero-order chi connectivity index (χ0) is 20.9. The molecule has 3 saturated heterocycles. The first-order chi connectivity index (χ1) is 14.7. The van der Waals surface area contributed by atoms with Gasteiger partial charge in [0.25, 0.3) is 5.91 Å². The second-order valence-electron chi connectivity index (χ2n) is 8.95. The Labute approximate surface area is 180 Å². The summed E-state index contributed by atoms with van der Waals surface area (Å²) in [5, 5.41) is 0. The van der Waals surface area contributed by atoms with Gasteiger partial charge in [0.05, 0.1) is 7.11 Å². The summed E-state index contributed by atoms with van der Waals surface area (Å²) in [6, 6.07) is 7.91. The molecule has 3 aliphatic rings. The van der Waals surface area contributed by atoms with Crippen LogP contribution in [0.1, 0.15) is 55.3 Å². The number of hydrogen-bond acceptors (Lipinski definition) is 4. The summed E-state index contributed by atoms with van der Waals surface area (Å²) in [4.78, 5) is 32.2. The molecular weight excluding hydrogens is 378 g/mol. The largest absolute Gasteiger partial charge is 0.497 e. The number of piperidine rings is 3. The van der Waals surface area contributed by atoms with E-state index in [1.807, 2.05) is 29.2 Å². The third-order valence-corrected chi connectivity index (χ3v) is 7.15. The standard InChI is InChI=1S/C24H35N3O3/c1-30-22-7-5-19(6-8-22)23(28)27-17-11-21(12-18-27)25-15-9-20(10-16-25)24(29)26-13-3-2-4-14-26/h5-8,20-21H,2-4,9-18H2,1H3. The van der Waals surface area contributed by atoms with E-state index in [1.165, 1.54) is 19.3 Å². The van der Waals surface area contributed by atoms with E-state index in [2.05, 4.69) is 9.80 Å². The summed E-state index contributed by atoms with van der Waals surface area (Å²) in [6.07, 6.45) is 7.61. The van der Waals surface area contributed by atoms with Crippen molar-refractivity contribution in [3.8, 4) is 5.75 Å². The fraction of sp³-hybridized carbons (Fsp3) is 0.667.